The Kier molecular flexibility index (Phi) is 5.18. The predicted molar refractivity (Wildman–Crippen MR) is 97.9 cm³/mol. The number of anilines is 2. The topological polar surface area (TPSA) is 108 Å². The third-order valence-electron chi connectivity index (χ3n) is 3.85. The van der Waals surface area contributed by atoms with Crippen molar-refractivity contribution in [2.45, 2.75) is 6.92 Å². The Morgan fingerprint density at radius 2 is 1.96 bits per heavy atom. The van der Waals surface area contributed by atoms with Crippen LogP contribution in [-0.4, -0.2) is 29.6 Å². The van der Waals surface area contributed by atoms with Crippen LogP contribution in [0.15, 0.2) is 54.1 Å². The first-order chi connectivity index (χ1) is 13.0. The Morgan fingerprint density at radius 3 is 2.63 bits per heavy atom. The van der Waals surface area contributed by atoms with Crippen LogP contribution in [0.25, 0.3) is 6.08 Å². The van der Waals surface area contributed by atoms with Crippen LogP contribution < -0.4 is 15.9 Å². The molecular weight excluding hydrogens is 350 g/mol. The van der Waals surface area contributed by atoms with Crippen molar-refractivity contribution in [2.75, 3.05) is 17.1 Å². The van der Waals surface area contributed by atoms with E-state index in [1.807, 2.05) is 5.48 Å². The highest BCUT2D eigenvalue weighted by Gasteiger charge is 2.34. The number of carbonyl (C=O) groups is 3. The zero-order valence-corrected chi connectivity index (χ0v) is 14.4. The van der Waals surface area contributed by atoms with Gasteiger partial charge in [-0.25, -0.2) is 9.80 Å². The molecule has 1 aliphatic heterocycles. The van der Waals surface area contributed by atoms with Crippen molar-refractivity contribution in [3.63, 3.8) is 0 Å². The van der Waals surface area contributed by atoms with E-state index in [2.05, 4.69) is 5.43 Å². The van der Waals surface area contributed by atoms with Crippen LogP contribution in [0, 0.1) is 0 Å². The lowest BCUT2D eigenvalue weighted by atomic mass is 10.1. The largest absolute Gasteiger partial charge is 0.462 e. The van der Waals surface area contributed by atoms with Gasteiger partial charge < -0.3 is 4.74 Å². The first-order valence-corrected chi connectivity index (χ1v) is 8.18. The fourth-order valence-corrected chi connectivity index (χ4v) is 2.56. The van der Waals surface area contributed by atoms with E-state index in [0.717, 1.165) is 5.01 Å². The Morgan fingerprint density at radius 1 is 1.22 bits per heavy atom. The Labute approximate surface area is 155 Å². The van der Waals surface area contributed by atoms with Crippen molar-refractivity contribution in [1.82, 2.24) is 5.43 Å². The van der Waals surface area contributed by atoms with Crippen LogP contribution in [0.5, 0.6) is 0 Å². The highest BCUT2D eigenvalue weighted by atomic mass is 16.5. The molecule has 0 radical (unpaired) electrons. The number of nitrogens with one attached hydrogen (secondary N) is 2. The van der Waals surface area contributed by atoms with E-state index in [1.165, 1.54) is 18.2 Å². The standard InChI is InChI=1S/C19H17N3O5/c1-2-27-19(25)13-6-8-15(9-7-13)22-18(24)16(17(23)20-22)11-12-4-3-5-14(10-12)21-26/h3-11,21,26H,2H2,1H3,(H,20,23)/b16-11-. The third-order valence-corrected chi connectivity index (χ3v) is 3.85. The van der Waals surface area contributed by atoms with Gasteiger partial charge in [0.1, 0.15) is 5.57 Å². The van der Waals surface area contributed by atoms with E-state index in [0.29, 0.717) is 22.5 Å². The summed E-state index contributed by atoms with van der Waals surface area (Å²) in [4.78, 5) is 36.5. The molecule has 0 bridgehead atoms. The fraction of sp³-hybridized carbons (Fsp3) is 0.105. The van der Waals surface area contributed by atoms with E-state index in [4.69, 9.17) is 9.94 Å². The van der Waals surface area contributed by atoms with Gasteiger partial charge in [-0.1, -0.05) is 12.1 Å². The molecule has 138 valence electrons. The number of carbonyl (C=O) groups excluding carboxylic acids is 3. The van der Waals surface area contributed by atoms with Crippen molar-refractivity contribution in [1.29, 1.82) is 0 Å². The number of benzene rings is 2. The molecule has 3 rings (SSSR count). The van der Waals surface area contributed by atoms with Gasteiger partial charge >= 0.3 is 5.97 Å². The number of rotatable bonds is 5. The highest BCUT2D eigenvalue weighted by Crippen LogP contribution is 2.23. The van der Waals surface area contributed by atoms with Gasteiger partial charge in [-0.15, -0.1) is 0 Å². The smallest absolute Gasteiger partial charge is 0.338 e. The van der Waals surface area contributed by atoms with Crippen LogP contribution >= 0.6 is 0 Å². The number of hydrogen-bond acceptors (Lipinski definition) is 6. The monoisotopic (exact) mass is 367 g/mol. The minimum Gasteiger partial charge on any atom is -0.462 e. The second kappa shape index (κ2) is 7.71. The average molecular weight is 367 g/mol. The molecule has 1 aliphatic rings. The molecule has 27 heavy (non-hydrogen) atoms. The first kappa shape index (κ1) is 18.2. The van der Waals surface area contributed by atoms with Crippen LogP contribution in [0.3, 0.4) is 0 Å². The summed E-state index contributed by atoms with van der Waals surface area (Å²) in [7, 11) is 0. The SMILES string of the molecule is CCOC(=O)c1ccc(N2NC(=O)/C(=C/c3cccc(NO)c3)C2=O)cc1. The number of hydrazine groups is 1. The van der Waals surface area contributed by atoms with Crippen LogP contribution in [-0.2, 0) is 14.3 Å². The Balaban J connectivity index is 1.83. The van der Waals surface area contributed by atoms with E-state index in [1.54, 1.807) is 43.3 Å². The molecule has 2 aromatic carbocycles. The van der Waals surface area contributed by atoms with Crippen molar-refractivity contribution < 1.29 is 24.3 Å². The molecule has 0 aromatic heterocycles. The molecule has 1 saturated heterocycles. The van der Waals surface area contributed by atoms with Gasteiger partial charge in [-0.3, -0.25) is 25.7 Å². The molecule has 1 heterocycles. The molecule has 0 saturated carbocycles. The van der Waals surface area contributed by atoms with Gasteiger partial charge in [-0.05, 0) is 55.0 Å². The molecule has 0 atom stereocenters. The van der Waals surface area contributed by atoms with Gasteiger partial charge in [-0.2, -0.15) is 0 Å². The molecule has 0 aliphatic carbocycles. The van der Waals surface area contributed by atoms with Gasteiger partial charge in [0.25, 0.3) is 11.8 Å². The van der Waals surface area contributed by atoms with Crippen molar-refractivity contribution >= 4 is 35.2 Å². The molecule has 2 amide bonds. The zero-order valence-electron chi connectivity index (χ0n) is 14.4. The minimum atomic E-state index is -0.545. The van der Waals surface area contributed by atoms with Gasteiger partial charge in [0, 0.05) is 0 Å². The van der Waals surface area contributed by atoms with Crippen molar-refractivity contribution in [3.05, 3.63) is 65.2 Å². The normalized spacial score (nSPS) is 15.0. The second-order valence-corrected chi connectivity index (χ2v) is 5.64. The molecule has 2 aromatic rings. The molecular formula is C19H17N3O5. The average Bonchev–Trinajstić information content (AvgIpc) is 2.96. The highest BCUT2D eigenvalue weighted by molar-refractivity contribution is 6.31. The number of esters is 1. The summed E-state index contributed by atoms with van der Waals surface area (Å²) in [6.45, 7) is 1.98. The summed E-state index contributed by atoms with van der Waals surface area (Å²) in [6, 6.07) is 12.7. The summed E-state index contributed by atoms with van der Waals surface area (Å²) in [5.41, 5.74) is 6.23. The van der Waals surface area contributed by atoms with Gasteiger partial charge in [0.15, 0.2) is 0 Å². The molecule has 8 nitrogen and oxygen atoms in total. The quantitative estimate of drug-likeness (QED) is 0.323. The van der Waals surface area contributed by atoms with Gasteiger partial charge in [0.2, 0.25) is 0 Å². The Bertz CT molecular complexity index is 921. The molecule has 1 fully saturated rings. The molecule has 0 spiro atoms. The van der Waals surface area contributed by atoms with E-state index in [-0.39, 0.29) is 12.2 Å². The number of ether oxygens (including phenoxy) is 1. The zero-order chi connectivity index (χ0) is 19.4. The fourth-order valence-electron chi connectivity index (χ4n) is 2.56. The van der Waals surface area contributed by atoms with Crippen molar-refractivity contribution in [2.24, 2.45) is 0 Å². The maximum Gasteiger partial charge on any atom is 0.338 e. The number of hydrogen-bond donors (Lipinski definition) is 3. The summed E-state index contributed by atoms with van der Waals surface area (Å²) in [6.07, 6.45) is 1.44. The van der Waals surface area contributed by atoms with E-state index < -0.39 is 17.8 Å². The maximum atomic E-state index is 12.6. The summed E-state index contributed by atoms with van der Waals surface area (Å²) in [5.74, 6) is -1.53. The predicted octanol–water partition coefficient (Wildman–Crippen LogP) is 2.13. The van der Waals surface area contributed by atoms with E-state index >= 15 is 0 Å². The molecule has 3 N–H and O–H groups in total. The summed E-state index contributed by atoms with van der Waals surface area (Å²) in [5, 5.41) is 10.1. The van der Waals surface area contributed by atoms with Gasteiger partial charge in [0.05, 0.1) is 23.5 Å². The van der Waals surface area contributed by atoms with Crippen LogP contribution in [0.4, 0.5) is 11.4 Å². The molecule has 0 unspecified atom stereocenters. The minimum absolute atomic E-state index is 0.0421. The summed E-state index contributed by atoms with van der Waals surface area (Å²) < 4.78 is 4.91. The Hall–Kier alpha value is -3.65. The lowest BCUT2D eigenvalue weighted by Gasteiger charge is -2.14. The number of nitrogens with zero attached hydrogens (tertiary/aromatic N) is 1. The maximum absolute atomic E-state index is 12.6. The molecule has 8 heteroatoms. The lowest BCUT2D eigenvalue weighted by molar-refractivity contribution is -0.117. The first-order valence-electron chi connectivity index (χ1n) is 8.18. The summed E-state index contributed by atoms with van der Waals surface area (Å²) >= 11 is 0. The number of amides is 2. The van der Waals surface area contributed by atoms with Crippen LogP contribution in [0.2, 0.25) is 0 Å². The van der Waals surface area contributed by atoms with E-state index in [9.17, 15) is 14.4 Å². The van der Waals surface area contributed by atoms with Crippen molar-refractivity contribution in [3.8, 4) is 0 Å². The lowest BCUT2D eigenvalue weighted by Crippen LogP contribution is -2.35. The second-order valence-electron chi connectivity index (χ2n) is 5.64. The van der Waals surface area contributed by atoms with Crippen LogP contribution in [0.1, 0.15) is 22.8 Å². The third kappa shape index (κ3) is 3.80.